The lowest BCUT2D eigenvalue weighted by atomic mass is 10.0. The van der Waals surface area contributed by atoms with Gasteiger partial charge in [-0.25, -0.2) is 9.97 Å². The van der Waals surface area contributed by atoms with Gasteiger partial charge in [0.15, 0.2) is 0 Å². The highest BCUT2D eigenvalue weighted by Crippen LogP contribution is 2.32. The van der Waals surface area contributed by atoms with Crippen LogP contribution < -0.4 is 10.2 Å². The Morgan fingerprint density at radius 3 is 2.75 bits per heavy atom. The summed E-state index contributed by atoms with van der Waals surface area (Å²) in [4.78, 5) is 33.5. The number of halogens is 1. The number of carbonyl (C=O) groups is 2. The second-order valence-corrected chi connectivity index (χ2v) is 5.38. The molecule has 1 atom stereocenters. The minimum Gasteiger partial charge on any atom is -0.335 e. The number of nitrogens with zero attached hydrogens (tertiary/aromatic N) is 3. The minimum atomic E-state index is -0.420. The molecule has 2 rings (SSSR count). The Balaban J connectivity index is 2.50. The molecule has 0 spiro atoms. The molecule has 108 valence electrons. The van der Waals surface area contributed by atoms with Crippen molar-refractivity contribution >= 4 is 29.2 Å². The van der Waals surface area contributed by atoms with Crippen LogP contribution in [0, 0.1) is 0 Å². The van der Waals surface area contributed by atoms with Crippen molar-refractivity contribution in [2.24, 2.45) is 0 Å². The number of hydrogen-bond donors (Lipinski definition) is 1. The zero-order valence-corrected chi connectivity index (χ0v) is 12.4. The highest BCUT2D eigenvalue weighted by molar-refractivity contribution is 6.30. The van der Waals surface area contributed by atoms with Crippen molar-refractivity contribution in [1.29, 1.82) is 0 Å². The number of rotatable bonds is 3. The predicted molar refractivity (Wildman–Crippen MR) is 75.7 cm³/mol. The van der Waals surface area contributed by atoms with Crippen LogP contribution in [0.4, 0.5) is 5.82 Å². The van der Waals surface area contributed by atoms with Gasteiger partial charge in [-0.05, 0) is 12.3 Å². The largest absolute Gasteiger partial charge is 0.335 e. The van der Waals surface area contributed by atoms with E-state index >= 15 is 0 Å². The predicted octanol–water partition coefficient (Wildman–Crippen LogP) is 1.49. The number of piperazine rings is 1. The number of anilines is 1. The maximum absolute atomic E-state index is 11.9. The number of aromatic nitrogens is 2. The van der Waals surface area contributed by atoms with Gasteiger partial charge >= 0.3 is 0 Å². The van der Waals surface area contributed by atoms with Crippen molar-refractivity contribution in [1.82, 2.24) is 15.3 Å². The summed E-state index contributed by atoms with van der Waals surface area (Å²) in [5, 5.41) is 2.71. The molecule has 1 aliphatic rings. The van der Waals surface area contributed by atoms with Crippen LogP contribution >= 0.6 is 11.6 Å². The van der Waals surface area contributed by atoms with Crippen molar-refractivity contribution in [2.75, 3.05) is 11.4 Å². The molecule has 7 heteroatoms. The molecule has 6 nitrogen and oxygen atoms in total. The first-order chi connectivity index (χ1) is 9.45. The lowest BCUT2D eigenvalue weighted by molar-refractivity contribution is -0.132. The van der Waals surface area contributed by atoms with E-state index in [9.17, 15) is 9.59 Å². The van der Waals surface area contributed by atoms with Crippen molar-refractivity contribution in [3.63, 3.8) is 0 Å². The maximum Gasteiger partial charge on any atom is 0.249 e. The first kappa shape index (κ1) is 14.7. The number of carbonyl (C=O) groups excluding carboxylic acids is 2. The monoisotopic (exact) mass is 296 g/mol. The Labute approximate surface area is 122 Å². The number of amides is 2. The van der Waals surface area contributed by atoms with Crippen LogP contribution in [0.1, 0.15) is 38.7 Å². The zero-order valence-electron chi connectivity index (χ0n) is 11.7. The molecule has 1 unspecified atom stereocenters. The average Bonchev–Trinajstić information content (AvgIpc) is 2.37. The lowest BCUT2D eigenvalue weighted by Gasteiger charge is -2.35. The fraction of sp³-hybridized carbons (Fsp3) is 0.538. The van der Waals surface area contributed by atoms with Gasteiger partial charge in [-0.15, -0.1) is 0 Å². The molecule has 2 heterocycles. The van der Waals surface area contributed by atoms with Gasteiger partial charge in [-0.2, -0.15) is 0 Å². The smallest absolute Gasteiger partial charge is 0.249 e. The van der Waals surface area contributed by atoms with Gasteiger partial charge in [0.05, 0.1) is 6.54 Å². The first-order valence-corrected chi connectivity index (χ1v) is 6.94. The van der Waals surface area contributed by atoms with Crippen LogP contribution in [0.3, 0.4) is 0 Å². The number of hydrogen-bond acceptors (Lipinski definition) is 5. The third kappa shape index (κ3) is 2.60. The van der Waals surface area contributed by atoms with Crippen LogP contribution in [0.5, 0.6) is 0 Å². The van der Waals surface area contributed by atoms with Crippen molar-refractivity contribution in [3.8, 4) is 0 Å². The first-order valence-electron chi connectivity index (χ1n) is 6.56. The summed E-state index contributed by atoms with van der Waals surface area (Å²) >= 11 is 6.14. The summed E-state index contributed by atoms with van der Waals surface area (Å²) in [7, 11) is 0. The molecular formula is C13H17ClN4O2. The molecule has 1 aromatic rings. The van der Waals surface area contributed by atoms with Crippen LogP contribution in [-0.2, 0) is 9.59 Å². The van der Waals surface area contributed by atoms with E-state index in [1.807, 2.05) is 20.8 Å². The second kappa shape index (κ2) is 5.75. The SMILES string of the molecule is CCC1C(=O)NC(=O)CN1c1ncnc(Cl)c1C(C)C. The summed E-state index contributed by atoms with van der Waals surface area (Å²) < 4.78 is 0. The molecule has 20 heavy (non-hydrogen) atoms. The van der Waals surface area contributed by atoms with Crippen molar-refractivity contribution in [2.45, 2.75) is 39.2 Å². The van der Waals surface area contributed by atoms with Gasteiger partial charge in [0.1, 0.15) is 23.3 Å². The van der Waals surface area contributed by atoms with Gasteiger partial charge in [0, 0.05) is 5.56 Å². The van der Waals surface area contributed by atoms with E-state index in [-0.39, 0.29) is 24.3 Å². The highest BCUT2D eigenvalue weighted by atomic mass is 35.5. The topological polar surface area (TPSA) is 75.2 Å². The summed E-state index contributed by atoms with van der Waals surface area (Å²) in [5.74, 6) is 0.0312. The average molecular weight is 297 g/mol. The lowest BCUT2D eigenvalue weighted by Crippen LogP contribution is -2.58. The fourth-order valence-electron chi connectivity index (χ4n) is 2.39. The number of nitrogens with one attached hydrogen (secondary N) is 1. The molecule has 1 aromatic heterocycles. The van der Waals surface area contributed by atoms with E-state index in [2.05, 4.69) is 15.3 Å². The molecule has 0 bridgehead atoms. The summed E-state index contributed by atoms with van der Waals surface area (Å²) in [6.45, 7) is 5.93. The van der Waals surface area contributed by atoms with Crippen molar-refractivity contribution < 1.29 is 9.59 Å². The van der Waals surface area contributed by atoms with Gasteiger partial charge in [0.25, 0.3) is 0 Å². The van der Waals surface area contributed by atoms with E-state index in [4.69, 9.17) is 11.6 Å². The molecule has 0 saturated carbocycles. The molecule has 0 aliphatic carbocycles. The van der Waals surface area contributed by atoms with E-state index in [1.165, 1.54) is 6.33 Å². The maximum atomic E-state index is 11.9. The minimum absolute atomic E-state index is 0.0938. The zero-order chi connectivity index (χ0) is 14.9. The van der Waals surface area contributed by atoms with Crippen LogP contribution in [-0.4, -0.2) is 34.4 Å². The standard InChI is InChI=1S/C13H17ClN4O2/c1-4-8-13(20)17-9(19)5-18(8)12-10(7(2)3)11(14)15-6-16-12/h6-8H,4-5H2,1-3H3,(H,17,19,20). The molecule has 2 amide bonds. The van der Waals surface area contributed by atoms with Crippen LogP contribution in [0.2, 0.25) is 5.15 Å². The quantitative estimate of drug-likeness (QED) is 0.676. The molecule has 1 aliphatic heterocycles. The Bertz CT molecular complexity index is 547. The Hall–Kier alpha value is -1.69. The van der Waals surface area contributed by atoms with E-state index in [0.29, 0.717) is 17.4 Å². The van der Waals surface area contributed by atoms with Crippen LogP contribution in [0.15, 0.2) is 6.33 Å². The molecule has 0 radical (unpaired) electrons. The van der Waals surface area contributed by atoms with Crippen molar-refractivity contribution in [3.05, 3.63) is 17.0 Å². The van der Waals surface area contributed by atoms with Crippen LogP contribution in [0.25, 0.3) is 0 Å². The third-order valence-corrected chi connectivity index (χ3v) is 3.61. The Morgan fingerprint density at radius 2 is 2.15 bits per heavy atom. The highest BCUT2D eigenvalue weighted by Gasteiger charge is 2.35. The molecular weight excluding hydrogens is 280 g/mol. The Kier molecular flexibility index (Phi) is 4.23. The van der Waals surface area contributed by atoms with Gasteiger partial charge in [-0.3, -0.25) is 14.9 Å². The van der Waals surface area contributed by atoms with Gasteiger partial charge in [-0.1, -0.05) is 32.4 Å². The summed E-state index contributed by atoms with van der Waals surface area (Å²) in [6, 6.07) is -0.420. The van der Waals surface area contributed by atoms with E-state index in [1.54, 1.807) is 4.90 Å². The molecule has 0 aromatic carbocycles. The van der Waals surface area contributed by atoms with E-state index in [0.717, 1.165) is 5.56 Å². The van der Waals surface area contributed by atoms with E-state index < -0.39 is 6.04 Å². The third-order valence-electron chi connectivity index (χ3n) is 3.31. The fourth-order valence-corrected chi connectivity index (χ4v) is 2.73. The summed E-state index contributed by atoms with van der Waals surface area (Å²) in [5.41, 5.74) is 0.759. The molecule has 1 fully saturated rings. The van der Waals surface area contributed by atoms with Gasteiger partial charge < -0.3 is 4.90 Å². The summed E-state index contributed by atoms with van der Waals surface area (Å²) in [6.07, 6.45) is 1.94. The van der Waals surface area contributed by atoms with Gasteiger partial charge in [0.2, 0.25) is 11.8 Å². The number of imide groups is 1. The normalized spacial score (nSPS) is 19.4. The molecule has 1 N–H and O–H groups in total. The second-order valence-electron chi connectivity index (χ2n) is 5.02. The Morgan fingerprint density at radius 1 is 1.45 bits per heavy atom. The molecule has 1 saturated heterocycles.